The zero-order valence-corrected chi connectivity index (χ0v) is 14.4. The highest BCUT2D eigenvalue weighted by molar-refractivity contribution is 5.93. The molecule has 2 N–H and O–H groups in total. The van der Waals surface area contributed by atoms with Crippen LogP contribution in [0.25, 0.3) is 10.9 Å². The average Bonchev–Trinajstić information content (AvgIpc) is 3.37. The number of carbonyl (C=O) groups is 1. The zero-order valence-electron chi connectivity index (χ0n) is 14.4. The van der Waals surface area contributed by atoms with Crippen molar-refractivity contribution in [1.82, 2.24) is 9.47 Å². The Morgan fingerprint density at radius 3 is 2.72 bits per heavy atom. The van der Waals surface area contributed by atoms with Crippen LogP contribution in [0.2, 0.25) is 0 Å². The van der Waals surface area contributed by atoms with Crippen LogP contribution in [0, 0.1) is 5.82 Å². The normalized spacial score (nSPS) is 14.2. The molecule has 3 rings (SSSR count). The van der Waals surface area contributed by atoms with E-state index in [1.54, 1.807) is 10.6 Å². The third kappa shape index (κ3) is 3.66. The molecule has 1 aliphatic carbocycles. The Kier molecular flexibility index (Phi) is 4.76. The summed E-state index contributed by atoms with van der Waals surface area (Å²) in [5.74, 6) is -1.83. The molecule has 0 atom stereocenters. The standard InChI is InChI=1S/C18H22FN3O3/c1-21(2)7-3-6-20-15-9-16-12(8-14(15)19)17(23)13(18(24)25)10-22(16)11-4-5-11/h8-11,20H,3-7H2,1-2H3,(H,24,25). The lowest BCUT2D eigenvalue weighted by Crippen LogP contribution is -2.19. The Balaban J connectivity index is 2.01. The van der Waals surface area contributed by atoms with Crippen LogP contribution in [0.1, 0.15) is 35.7 Å². The highest BCUT2D eigenvalue weighted by atomic mass is 19.1. The second-order valence-electron chi connectivity index (χ2n) is 6.75. The molecular weight excluding hydrogens is 325 g/mol. The van der Waals surface area contributed by atoms with Gasteiger partial charge >= 0.3 is 5.97 Å². The molecule has 25 heavy (non-hydrogen) atoms. The zero-order chi connectivity index (χ0) is 18.1. The van der Waals surface area contributed by atoms with Gasteiger partial charge in [-0.3, -0.25) is 4.79 Å². The van der Waals surface area contributed by atoms with Crippen LogP contribution in [0.15, 0.2) is 23.1 Å². The van der Waals surface area contributed by atoms with Crippen LogP contribution < -0.4 is 10.7 Å². The molecule has 0 saturated heterocycles. The summed E-state index contributed by atoms with van der Waals surface area (Å²) >= 11 is 0. The smallest absolute Gasteiger partial charge is 0.341 e. The summed E-state index contributed by atoms with van der Waals surface area (Å²) in [7, 11) is 3.95. The van der Waals surface area contributed by atoms with Gasteiger partial charge in [0.1, 0.15) is 11.4 Å². The molecule has 1 aromatic heterocycles. The quantitative estimate of drug-likeness (QED) is 0.753. The molecule has 0 amide bonds. The van der Waals surface area contributed by atoms with Gasteiger partial charge in [0.05, 0.1) is 11.2 Å². The van der Waals surface area contributed by atoms with Gasteiger partial charge in [0, 0.05) is 24.2 Å². The molecule has 0 radical (unpaired) electrons. The minimum absolute atomic E-state index is 0.114. The molecule has 0 spiro atoms. The monoisotopic (exact) mass is 347 g/mol. The number of benzene rings is 1. The first-order chi connectivity index (χ1) is 11.9. The van der Waals surface area contributed by atoms with Crippen LogP contribution in [-0.4, -0.2) is 47.7 Å². The molecule has 7 heteroatoms. The van der Waals surface area contributed by atoms with Gasteiger partial charge in [-0.25, -0.2) is 9.18 Å². The van der Waals surface area contributed by atoms with E-state index in [0.29, 0.717) is 17.7 Å². The minimum atomic E-state index is -1.28. The third-order valence-electron chi connectivity index (χ3n) is 4.39. The van der Waals surface area contributed by atoms with Gasteiger partial charge in [0.2, 0.25) is 5.43 Å². The van der Waals surface area contributed by atoms with Crippen molar-refractivity contribution < 1.29 is 14.3 Å². The second kappa shape index (κ2) is 6.84. The lowest BCUT2D eigenvalue weighted by molar-refractivity contribution is 0.0695. The number of nitrogens with zero attached hydrogens (tertiary/aromatic N) is 2. The maximum atomic E-state index is 14.4. The van der Waals surface area contributed by atoms with Crippen molar-refractivity contribution in [2.45, 2.75) is 25.3 Å². The summed E-state index contributed by atoms with van der Waals surface area (Å²) in [6.45, 7) is 1.50. The third-order valence-corrected chi connectivity index (χ3v) is 4.39. The number of aromatic nitrogens is 1. The Morgan fingerprint density at radius 1 is 1.40 bits per heavy atom. The van der Waals surface area contributed by atoms with Gasteiger partial charge in [0.15, 0.2) is 0 Å². The van der Waals surface area contributed by atoms with E-state index in [-0.39, 0.29) is 17.0 Å². The number of carboxylic acids is 1. The Labute approximate surface area is 144 Å². The number of hydrogen-bond donors (Lipinski definition) is 2. The number of carboxylic acid groups (broad SMARTS) is 1. The van der Waals surface area contributed by atoms with Crippen molar-refractivity contribution in [2.24, 2.45) is 0 Å². The maximum absolute atomic E-state index is 14.4. The van der Waals surface area contributed by atoms with Crippen molar-refractivity contribution in [3.05, 3.63) is 39.9 Å². The molecule has 6 nitrogen and oxygen atoms in total. The highest BCUT2D eigenvalue weighted by Gasteiger charge is 2.27. The number of nitrogens with one attached hydrogen (secondary N) is 1. The molecule has 0 unspecified atom stereocenters. The van der Waals surface area contributed by atoms with Gasteiger partial charge in [-0.05, 0) is 52.0 Å². The lowest BCUT2D eigenvalue weighted by Gasteiger charge is -2.15. The van der Waals surface area contributed by atoms with Crippen molar-refractivity contribution in [3.63, 3.8) is 0 Å². The molecule has 1 aliphatic rings. The van der Waals surface area contributed by atoms with Crippen LogP contribution in [-0.2, 0) is 0 Å². The van der Waals surface area contributed by atoms with Gasteiger partial charge in [-0.15, -0.1) is 0 Å². The molecule has 134 valence electrons. The average molecular weight is 347 g/mol. The van der Waals surface area contributed by atoms with E-state index in [1.165, 1.54) is 6.20 Å². The van der Waals surface area contributed by atoms with E-state index in [9.17, 15) is 19.1 Å². The van der Waals surface area contributed by atoms with E-state index in [4.69, 9.17) is 0 Å². The molecule has 1 aromatic carbocycles. The molecule has 0 bridgehead atoms. The van der Waals surface area contributed by atoms with Gasteiger partial charge in [-0.2, -0.15) is 0 Å². The highest BCUT2D eigenvalue weighted by Crippen LogP contribution is 2.37. The number of pyridine rings is 1. The predicted octanol–water partition coefficient (Wildman–Crippen LogP) is 2.54. The van der Waals surface area contributed by atoms with Crippen molar-refractivity contribution in [2.75, 3.05) is 32.5 Å². The largest absolute Gasteiger partial charge is 0.477 e. The predicted molar refractivity (Wildman–Crippen MR) is 95.1 cm³/mol. The van der Waals surface area contributed by atoms with Crippen molar-refractivity contribution in [1.29, 1.82) is 0 Å². The Morgan fingerprint density at radius 2 is 2.12 bits per heavy atom. The first kappa shape index (κ1) is 17.4. The minimum Gasteiger partial charge on any atom is -0.477 e. The van der Waals surface area contributed by atoms with Crippen molar-refractivity contribution >= 4 is 22.6 Å². The number of halogens is 1. The van der Waals surface area contributed by atoms with Gasteiger partial charge < -0.3 is 19.9 Å². The molecule has 1 fully saturated rings. The number of hydrogen-bond acceptors (Lipinski definition) is 4. The Hall–Kier alpha value is -2.41. The number of rotatable bonds is 7. The van der Waals surface area contributed by atoms with Crippen LogP contribution in [0.3, 0.4) is 0 Å². The molecule has 1 heterocycles. The van der Waals surface area contributed by atoms with Gasteiger partial charge in [-0.1, -0.05) is 0 Å². The molecule has 1 saturated carbocycles. The first-order valence-electron chi connectivity index (χ1n) is 8.38. The second-order valence-corrected chi connectivity index (χ2v) is 6.75. The summed E-state index contributed by atoms with van der Waals surface area (Å²) in [5, 5.41) is 12.4. The van der Waals surface area contributed by atoms with Crippen LogP contribution in [0.4, 0.5) is 10.1 Å². The van der Waals surface area contributed by atoms with E-state index >= 15 is 0 Å². The molecular formula is C18H22FN3O3. The van der Waals surface area contributed by atoms with E-state index < -0.39 is 17.2 Å². The molecule has 2 aromatic rings. The Bertz CT molecular complexity index is 872. The fraction of sp³-hybridized carbons (Fsp3) is 0.444. The summed E-state index contributed by atoms with van der Waals surface area (Å²) in [5.41, 5.74) is -0.0416. The summed E-state index contributed by atoms with van der Waals surface area (Å²) in [6.07, 6.45) is 4.11. The van der Waals surface area contributed by atoms with Crippen LogP contribution in [0.5, 0.6) is 0 Å². The summed E-state index contributed by atoms with van der Waals surface area (Å²) in [4.78, 5) is 25.7. The van der Waals surface area contributed by atoms with Gasteiger partial charge in [0.25, 0.3) is 0 Å². The number of aromatic carboxylic acids is 1. The van der Waals surface area contributed by atoms with E-state index in [2.05, 4.69) is 10.2 Å². The topological polar surface area (TPSA) is 74.6 Å². The van der Waals surface area contributed by atoms with Crippen molar-refractivity contribution in [3.8, 4) is 0 Å². The molecule has 0 aliphatic heterocycles. The summed E-state index contributed by atoms with van der Waals surface area (Å²) < 4.78 is 16.2. The van der Waals surface area contributed by atoms with E-state index in [0.717, 1.165) is 31.9 Å². The van der Waals surface area contributed by atoms with E-state index in [1.807, 2.05) is 14.1 Å². The fourth-order valence-corrected chi connectivity index (χ4v) is 2.93. The maximum Gasteiger partial charge on any atom is 0.341 e. The SMILES string of the molecule is CN(C)CCCNc1cc2c(cc1F)c(=O)c(C(=O)O)cn2C1CC1. The number of anilines is 1. The fourth-order valence-electron chi connectivity index (χ4n) is 2.93. The summed E-state index contributed by atoms with van der Waals surface area (Å²) in [6, 6.07) is 2.94. The lowest BCUT2D eigenvalue weighted by atomic mass is 10.1. The van der Waals surface area contributed by atoms with Crippen LogP contribution >= 0.6 is 0 Å². The first-order valence-corrected chi connectivity index (χ1v) is 8.38. The number of fused-ring (bicyclic) bond motifs is 1.